The summed E-state index contributed by atoms with van der Waals surface area (Å²) in [4.78, 5) is 0.0639. The molecule has 0 spiro atoms. The third-order valence-corrected chi connectivity index (χ3v) is 3.34. The number of ether oxygens (including phenoxy) is 1. The summed E-state index contributed by atoms with van der Waals surface area (Å²) in [6.45, 7) is 1.38. The van der Waals surface area contributed by atoms with E-state index in [2.05, 4.69) is 5.10 Å². The highest BCUT2D eigenvalue weighted by Gasteiger charge is 2.18. The first-order chi connectivity index (χ1) is 7.07. The van der Waals surface area contributed by atoms with E-state index in [0.29, 0.717) is 13.2 Å². The number of hydrogen-bond acceptors (Lipinski definition) is 4. The van der Waals surface area contributed by atoms with Crippen molar-refractivity contribution < 1.29 is 13.2 Å². The Kier molecular flexibility index (Phi) is 2.76. The van der Waals surface area contributed by atoms with E-state index in [1.165, 1.54) is 12.4 Å². The second-order valence-corrected chi connectivity index (χ2v) is 5.11. The lowest BCUT2D eigenvalue weighted by Gasteiger charge is -2.22. The molecular formula is C8H13N3O3S. The van der Waals surface area contributed by atoms with Crippen molar-refractivity contribution in [2.24, 2.45) is 5.14 Å². The minimum Gasteiger partial charge on any atom is -0.381 e. The first kappa shape index (κ1) is 10.6. The smallest absolute Gasteiger partial charge is 0.241 e. The Hall–Kier alpha value is -0.920. The highest BCUT2D eigenvalue weighted by molar-refractivity contribution is 7.89. The minimum atomic E-state index is -3.64. The number of nitrogens with two attached hydrogens (primary N) is 1. The molecule has 0 radical (unpaired) electrons. The van der Waals surface area contributed by atoms with Crippen LogP contribution in [-0.4, -0.2) is 31.4 Å². The number of hydrogen-bond donors (Lipinski definition) is 1. The van der Waals surface area contributed by atoms with Crippen molar-refractivity contribution >= 4 is 10.0 Å². The molecule has 15 heavy (non-hydrogen) atoms. The third kappa shape index (κ3) is 2.36. The molecule has 0 aliphatic carbocycles. The standard InChI is InChI=1S/C8H13N3O3S/c9-15(12,13)8-5-10-11(6-8)7-1-3-14-4-2-7/h5-7H,1-4H2,(H2,9,12,13). The molecular weight excluding hydrogens is 218 g/mol. The average molecular weight is 231 g/mol. The van der Waals surface area contributed by atoms with Gasteiger partial charge >= 0.3 is 0 Å². The van der Waals surface area contributed by atoms with Gasteiger partial charge in [0.2, 0.25) is 10.0 Å². The minimum absolute atomic E-state index is 0.0639. The van der Waals surface area contributed by atoms with Gasteiger partial charge in [0, 0.05) is 19.4 Å². The van der Waals surface area contributed by atoms with E-state index in [-0.39, 0.29) is 10.9 Å². The Morgan fingerprint density at radius 1 is 1.47 bits per heavy atom. The van der Waals surface area contributed by atoms with Gasteiger partial charge in [0.15, 0.2) is 0 Å². The van der Waals surface area contributed by atoms with Gasteiger partial charge in [0.05, 0.1) is 12.2 Å². The molecule has 0 bridgehead atoms. The lowest BCUT2D eigenvalue weighted by atomic mass is 10.1. The third-order valence-electron chi connectivity index (χ3n) is 2.47. The number of nitrogens with zero attached hydrogens (tertiary/aromatic N) is 2. The molecule has 1 aromatic heterocycles. The largest absolute Gasteiger partial charge is 0.381 e. The maximum Gasteiger partial charge on any atom is 0.241 e. The molecule has 7 heteroatoms. The highest BCUT2D eigenvalue weighted by atomic mass is 32.2. The van der Waals surface area contributed by atoms with Crippen LogP contribution in [0.1, 0.15) is 18.9 Å². The van der Waals surface area contributed by atoms with Crippen LogP contribution in [0.15, 0.2) is 17.3 Å². The van der Waals surface area contributed by atoms with Crippen molar-refractivity contribution in [3.8, 4) is 0 Å². The molecule has 84 valence electrons. The van der Waals surface area contributed by atoms with E-state index >= 15 is 0 Å². The van der Waals surface area contributed by atoms with Crippen LogP contribution in [0, 0.1) is 0 Å². The molecule has 0 unspecified atom stereocenters. The second kappa shape index (κ2) is 3.92. The van der Waals surface area contributed by atoms with E-state index in [0.717, 1.165) is 12.8 Å². The first-order valence-corrected chi connectivity index (χ1v) is 6.27. The van der Waals surface area contributed by atoms with Gasteiger partial charge in [-0.2, -0.15) is 5.10 Å². The summed E-state index contributed by atoms with van der Waals surface area (Å²) in [5.74, 6) is 0. The molecule has 1 fully saturated rings. The Balaban J connectivity index is 2.19. The van der Waals surface area contributed by atoms with Gasteiger partial charge in [-0.3, -0.25) is 4.68 Å². The van der Waals surface area contributed by atoms with Gasteiger partial charge in [-0.25, -0.2) is 13.6 Å². The summed E-state index contributed by atoms with van der Waals surface area (Å²) in [5, 5.41) is 9.00. The normalized spacial score (nSPS) is 19.3. The average Bonchev–Trinajstić information content (AvgIpc) is 2.67. The molecule has 0 saturated carbocycles. The van der Waals surface area contributed by atoms with Crippen molar-refractivity contribution in [2.75, 3.05) is 13.2 Å². The van der Waals surface area contributed by atoms with Crippen LogP contribution < -0.4 is 5.14 Å². The van der Waals surface area contributed by atoms with E-state index in [1.807, 2.05) is 0 Å². The van der Waals surface area contributed by atoms with Crippen LogP contribution in [0.2, 0.25) is 0 Å². The summed E-state index contributed by atoms with van der Waals surface area (Å²) < 4.78 is 28.9. The SMILES string of the molecule is NS(=O)(=O)c1cnn(C2CCOCC2)c1. The van der Waals surface area contributed by atoms with Gasteiger partial charge in [0.25, 0.3) is 0 Å². The summed E-state index contributed by atoms with van der Waals surface area (Å²) in [6, 6.07) is 0.217. The number of sulfonamides is 1. The Morgan fingerprint density at radius 2 is 2.13 bits per heavy atom. The molecule has 2 rings (SSSR count). The monoisotopic (exact) mass is 231 g/mol. The van der Waals surface area contributed by atoms with Gasteiger partial charge < -0.3 is 4.74 Å². The Labute approximate surface area is 88.1 Å². The van der Waals surface area contributed by atoms with Crippen LogP contribution in [0.5, 0.6) is 0 Å². The lowest BCUT2D eigenvalue weighted by molar-refractivity contribution is 0.0662. The first-order valence-electron chi connectivity index (χ1n) is 4.72. The molecule has 2 N–H and O–H groups in total. The van der Waals surface area contributed by atoms with E-state index in [4.69, 9.17) is 9.88 Å². The molecule has 0 aromatic carbocycles. The summed E-state index contributed by atoms with van der Waals surface area (Å²) in [7, 11) is -3.64. The maximum absolute atomic E-state index is 11.0. The fraction of sp³-hybridized carbons (Fsp3) is 0.625. The molecule has 1 aromatic rings. The molecule has 0 atom stereocenters. The predicted molar refractivity (Wildman–Crippen MR) is 52.7 cm³/mol. The van der Waals surface area contributed by atoms with Crippen molar-refractivity contribution in [2.45, 2.75) is 23.8 Å². The molecule has 6 nitrogen and oxygen atoms in total. The van der Waals surface area contributed by atoms with Crippen molar-refractivity contribution in [1.82, 2.24) is 9.78 Å². The Morgan fingerprint density at radius 3 is 2.67 bits per heavy atom. The van der Waals surface area contributed by atoms with Crippen LogP contribution >= 0.6 is 0 Å². The van der Waals surface area contributed by atoms with Crippen LogP contribution in [0.4, 0.5) is 0 Å². The van der Waals surface area contributed by atoms with Crippen LogP contribution in [0.25, 0.3) is 0 Å². The van der Waals surface area contributed by atoms with Crippen LogP contribution in [0.3, 0.4) is 0 Å². The van der Waals surface area contributed by atoms with Crippen molar-refractivity contribution in [3.63, 3.8) is 0 Å². The van der Waals surface area contributed by atoms with Gasteiger partial charge in [-0.1, -0.05) is 0 Å². The number of primary sulfonamides is 1. The summed E-state index contributed by atoms with van der Waals surface area (Å²) in [6.07, 6.45) is 4.47. The fourth-order valence-corrected chi connectivity index (χ4v) is 2.07. The maximum atomic E-state index is 11.0. The fourth-order valence-electron chi connectivity index (χ4n) is 1.62. The number of rotatable bonds is 2. The quantitative estimate of drug-likeness (QED) is 0.768. The van der Waals surface area contributed by atoms with Crippen molar-refractivity contribution in [3.05, 3.63) is 12.4 Å². The van der Waals surface area contributed by atoms with Gasteiger partial charge in [-0.15, -0.1) is 0 Å². The lowest BCUT2D eigenvalue weighted by Crippen LogP contribution is -2.20. The molecule has 1 aliphatic heterocycles. The molecule has 1 saturated heterocycles. The van der Waals surface area contributed by atoms with Crippen LogP contribution in [-0.2, 0) is 14.8 Å². The zero-order chi connectivity index (χ0) is 10.9. The number of aromatic nitrogens is 2. The molecule has 0 amide bonds. The zero-order valence-corrected chi connectivity index (χ0v) is 8.98. The summed E-state index contributed by atoms with van der Waals surface area (Å²) >= 11 is 0. The van der Waals surface area contributed by atoms with E-state index < -0.39 is 10.0 Å². The topological polar surface area (TPSA) is 87.2 Å². The van der Waals surface area contributed by atoms with Crippen molar-refractivity contribution in [1.29, 1.82) is 0 Å². The van der Waals surface area contributed by atoms with Gasteiger partial charge in [-0.05, 0) is 12.8 Å². The van der Waals surface area contributed by atoms with E-state index in [9.17, 15) is 8.42 Å². The highest BCUT2D eigenvalue weighted by Crippen LogP contribution is 2.20. The summed E-state index contributed by atoms with van der Waals surface area (Å²) in [5.41, 5.74) is 0. The second-order valence-electron chi connectivity index (χ2n) is 3.54. The Bertz CT molecular complexity index is 434. The molecule has 2 heterocycles. The van der Waals surface area contributed by atoms with Gasteiger partial charge in [0.1, 0.15) is 4.90 Å². The zero-order valence-electron chi connectivity index (χ0n) is 8.17. The predicted octanol–water partition coefficient (Wildman–Crippen LogP) is -0.118. The van der Waals surface area contributed by atoms with E-state index in [1.54, 1.807) is 4.68 Å². The molecule has 1 aliphatic rings.